The van der Waals surface area contributed by atoms with Crippen molar-refractivity contribution in [2.24, 2.45) is 0 Å². The summed E-state index contributed by atoms with van der Waals surface area (Å²) >= 11 is 9.25. The highest BCUT2D eigenvalue weighted by molar-refractivity contribution is 9.10. The molecule has 0 aliphatic heterocycles. The van der Waals surface area contributed by atoms with E-state index in [4.69, 9.17) is 22.1 Å². The van der Waals surface area contributed by atoms with Gasteiger partial charge in [0.05, 0.1) is 0 Å². The smallest absolute Gasteiger partial charge is 0.119 e. The van der Waals surface area contributed by atoms with E-state index in [0.29, 0.717) is 17.3 Å². The van der Waals surface area contributed by atoms with Crippen molar-refractivity contribution in [3.63, 3.8) is 0 Å². The number of halogens is 2. The lowest BCUT2D eigenvalue weighted by Gasteiger charge is -2.10. The summed E-state index contributed by atoms with van der Waals surface area (Å²) in [7, 11) is 0. The summed E-state index contributed by atoms with van der Waals surface area (Å²) < 4.78 is 6.59. The van der Waals surface area contributed by atoms with Crippen LogP contribution in [0, 0.1) is 0 Å². The maximum absolute atomic E-state index is 5.88. The lowest BCUT2D eigenvalue weighted by Crippen LogP contribution is -2.01. The fraction of sp³-hybridized carbons (Fsp3) is 0.0769. The van der Waals surface area contributed by atoms with Crippen molar-refractivity contribution in [2.75, 3.05) is 5.73 Å². The monoisotopic (exact) mass is 311 g/mol. The van der Waals surface area contributed by atoms with Crippen LogP contribution >= 0.6 is 27.5 Å². The Morgan fingerprint density at radius 3 is 2.47 bits per heavy atom. The van der Waals surface area contributed by atoms with Crippen LogP contribution in [0.2, 0.25) is 5.02 Å². The topological polar surface area (TPSA) is 35.2 Å². The molecule has 0 aromatic heterocycles. The summed E-state index contributed by atoms with van der Waals surface area (Å²) in [5.41, 5.74) is 7.54. The molecule has 88 valence electrons. The molecule has 0 fully saturated rings. The van der Waals surface area contributed by atoms with Crippen LogP contribution in [0.5, 0.6) is 5.75 Å². The van der Waals surface area contributed by atoms with Gasteiger partial charge in [-0.1, -0.05) is 33.6 Å². The van der Waals surface area contributed by atoms with Gasteiger partial charge in [-0.15, -0.1) is 0 Å². The Labute approximate surface area is 113 Å². The van der Waals surface area contributed by atoms with E-state index in [9.17, 15) is 0 Å². The molecular weight excluding hydrogens is 302 g/mol. The first-order valence-corrected chi connectivity index (χ1v) is 6.25. The molecule has 2 N–H and O–H groups in total. The van der Waals surface area contributed by atoms with Crippen molar-refractivity contribution in [1.29, 1.82) is 0 Å². The number of benzene rings is 2. The molecule has 0 radical (unpaired) electrons. The third-order valence-corrected chi connectivity index (χ3v) is 3.35. The Hall–Kier alpha value is -1.19. The second-order valence-electron chi connectivity index (χ2n) is 3.55. The largest absolute Gasteiger partial charge is 0.489 e. The van der Waals surface area contributed by atoms with Crippen molar-refractivity contribution < 1.29 is 4.74 Å². The van der Waals surface area contributed by atoms with Gasteiger partial charge in [0.15, 0.2) is 0 Å². The van der Waals surface area contributed by atoms with Crippen molar-refractivity contribution in [3.8, 4) is 5.75 Å². The number of nitrogen functional groups attached to an aromatic ring is 1. The Kier molecular flexibility index (Phi) is 3.92. The molecular formula is C13H11BrClNO. The molecule has 0 spiro atoms. The fourth-order valence-corrected chi connectivity index (χ4v) is 2.04. The third-order valence-electron chi connectivity index (χ3n) is 2.35. The molecule has 17 heavy (non-hydrogen) atoms. The van der Waals surface area contributed by atoms with Crippen molar-refractivity contribution in [1.82, 2.24) is 0 Å². The molecule has 0 aliphatic rings. The maximum atomic E-state index is 5.88. The van der Waals surface area contributed by atoms with Gasteiger partial charge in [-0.2, -0.15) is 0 Å². The minimum absolute atomic E-state index is 0.425. The summed E-state index contributed by atoms with van der Waals surface area (Å²) in [5.74, 6) is 0.768. The minimum atomic E-state index is 0.425. The van der Waals surface area contributed by atoms with Crippen molar-refractivity contribution in [2.45, 2.75) is 6.61 Å². The van der Waals surface area contributed by atoms with E-state index in [1.54, 1.807) is 12.1 Å². The third kappa shape index (κ3) is 3.14. The van der Waals surface area contributed by atoms with Crippen LogP contribution in [0.1, 0.15) is 5.56 Å². The summed E-state index contributed by atoms with van der Waals surface area (Å²) in [6, 6.07) is 12.9. The van der Waals surface area contributed by atoms with E-state index in [2.05, 4.69) is 15.9 Å². The van der Waals surface area contributed by atoms with Gasteiger partial charge >= 0.3 is 0 Å². The van der Waals surface area contributed by atoms with Crippen molar-refractivity contribution >= 4 is 33.2 Å². The van der Waals surface area contributed by atoms with Crippen LogP contribution in [0.15, 0.2) is 46.9 Å². The predicted molar refractivity (Wildman–Crippen MR) is 74.3 cm³/mol. The van der Waals surface area contributed by atoms with Gasteiger partial charge in [-0.05, 0) is 36.4 Å². The van der Waals surface area contributed by atoms with Crippen LogP contribution in [-0.4, -0.2) is 0 Å². The van der Waals surface area contributed by atoms with E-state index in [1.807, 2.05) is 30.3 Å². The number of rotatable bonds is 3. The molecule has 0 unspecified atom stereocenters. The first-order valence-electron chi connectivity index (χ1n) is 5.08. The summed E-state index contributed by atoms with van der Waals surface area (Å²) in [6.45, 7) is 0.425. The zero-order chi connectivity index (χ0) is 12.3. The quantitative estimate of drug-likeness (QED) is 0.859. The second-order valence-corrected chi connectivity index (χ2v) is 4.84. The number of nitrogens with two attached hydrogens (primary N) is 1. The fourth-order valence-electron chi connectivity index (χ4n) is 1.41. The summed E-state index contributed by atoms with van der Waals surface area (Å²) in [4.78, 5) is 0. The predicted octanol–water partition coefficient (Wildman–Crippen LogP) is 4.26. The van der Waals surface area contributed by atoms with Crippen LogP contribution in [0.3, 0.4) is 0 Å². The van der Waals surface area contributed by atoms with Gasteiger partial charge in [0, 0.05) is 20.7 Å². The first-order chi connectivity index (χ1) is 8.16. The van der Waals surface area contributed by atoms with E-state index >= 15 is 0 Å². The summed E-state index contributed by atoms with van der Waals surface area (Å²) in [5, 5.41) is 0.692. The Morgan fingerprint density at radius 2 is 1.82 bits per heavy atom. The Bertz CT molecular complexity index is 493. The van der Waals surface area contributed by atoms with Crippen LogP contribution in [0.25, 0.3) is 0 Å². The zero-order valence-electron chi connectivity index (χ0n) is 8.99. The van der Waals surface area contributed by atoms with Crippen LogP contribution in [-0.2, 0) is 6.61 Å². The first kappa shape index (κ1) is 12.3. The van der Waals surface area contributed by atoms with Gasteiger partial charge in [0.2, 0.25) is 0 Å². The second kappa shape index (κ2) is 5.43. The van der Waals surface area contributed by atoms with Gasteiger partial charge in [-0.3, -0.25) is 0 Å². The molecule has 0 saturated heterocycles. The van der Waals surface area contributed by atoms with E-state index in [0.717, 1.165) is 15.8 Å². The number of ether oxygens (including phenoxy) is 1. The maximum Gasteiger partial charge on any atom is 0.119 e. The average molecular weight is 313 g/mol. The van der Waals surface area contributed by atoms with Gasteiger partial charge in [0.1, 0.15) is 12.4 Å². The molecule has 0 bridgehead atoms. The van der Waals surface area contributed by atoms with Crippen LogP contribution in [0.4, 0.5) is 5.69 Å². The molecule has 0 atom stereocenters. The van der Waals surface area contributed by atoms with Gasteiger partial charge in [0.25, 0.3) is 0 Å². The molecule has 2 nitrogen and oxygen atoms in total. The Morgan fingerprint density at radius 1 is 1.12 bits per heavy atom. The normalized spacial score (nSPS) is 10.2. The molecule has 0 saturated carbocycles. The van der Waals surface area contributed by atoms with Gasteiger partial charge < -0.3 is 10.5 Å². The average Bonchev–Trinajstić information content (AvgIpc) is 2.31. The number of hydrogen-bond donors (Lipinski definition) is 1. The molecule has 0 amide bonds. The SMILES string of the molecule is Nc1cccc(Br)c1COc1ccc(Cl)cc1. The number of anilines is 1. The van der Waals surface area contributed by atoms with E-state index < -0.39 is 0 Å². The van der Waals surface area contributed by atoms with Gasteiger partial charge in [-0.25, -0.2) is 0 Å². The highest BCUT2D eigenvalue weighted by atomic mass is 79.9. The molecule has 4 heteroatoms. The Balaban J connectivity index is 2.10. The van der Waals surface area contributed by atoms with E-state index in [1.165, 1.54) is 0 Å². The zero-order valence-corrected chi connectivity index (χ0v) is 11.3. The standard InChI is InChI=1S/C13H11BrClNO/c14-12-2-1-3-13(16)11(12)8-17-10-6-4-9(15)5-7-10/h1-7H,8,16H2. The molecule has 2 aromatic carbocycles. The lowest BCUT2D eigenvalue weighted by molar-refractivity contribution is 0.306. The highest BCUT2D eigenvalue weighted by Gasteiger charge is 2.04. The lowest BCUT2D eigenvalue weighted by atomic mass is 10.2. The molecule has 2 rings (SSSR count). The van der Waals surface area contributed by atoms with E-state index in [-0.39, 0.29) is 0 Å². The molecule has 2 aromatic rings. The highest BCUT2D eigenvalue weighted by Crippen LogP contribution is 2.24. The molecule has 0 aliphatic carbocycles. The summed E-state index contributed by atoms with van der Waals surface area (Å²) in [6.07, 6.45) is 0. The molecule has 0 heterocycles. The van der Waals surface area contributed by atoms with Crippen molar-refractivity contribution in [3.05, 3.63) is 57.5 Å². The minimum Gasteiger partial charge on any atom is -0.489 e. The van der Waals surface area contributed by atoms with Crippen LogP contribution < -0.4 is 10.5 Å². The number of hydrogen-bond acceptors (Lipinski definition) is 2.